The van der Waals surface area contributed by atoms with Crippen molar-refractivity contribution in [2.45, 2.75) is 39.4 Å². The van der Waals surface area contributed by atoms with Crippen molar-refractivity contribution in [2.24, 2.45) is 0 Å². The van der Waals surface area contributed by atoms with E-state index in [1.54, 1.807) is 6.20 Å². The molecule has 0 unspecified atom stereocenters. The highest BCUT2D eigenvalue weighted by Crippen LogP contribution is 2.01. The Hall–Kier alpha value is -0.880. The predicted octanol–water partition coefficient (Wildman–Crippen LogP) is 0.816. The van der Waals surface area contributed by atoms with Gasteiger partial charge in [-0.15, -0.1) is 0 Å². The van der Waals surface area contributed by atoms with Gasteiger partial charge < -0.3 is 9.88 Å². The molecule has 6 heteroatoms. The van der Waals surface area contributed by atoms with E-state index in [1.807, 2.05) is 10.8 Å². The van der Waals surface area contributed by atoms with Crippen molar-refractivity contribution in [1.29, 1.82) is 0 Å². The van der Waals surface area contributed by atoms with Crippen molar-refractivity contribution in [3.63, 3.8) is 0 Å². The molecule has 17 heavy (non-hydrogen) atoms. The summed E-state index contributed by atoms with van der Waals surface area (Å²) in [6, 6.07) is 0.413. The quantitative estimate of drug-likeness (QED) is 0.787. The highest BCUT2D eigenvalue weighted by Gasteiger charge is 2.05. The van der Waals surface area contributed by atoms with Gasteiger partial charge in [-0.1, -0.05) is 13.8 Å². The van der Waals surface area contributed by atoms with Gasteiger partial charge in [0.2, 0.25) is 0 Å². The molecule has 0 spiro atoms. The third kappa shape index (κ3) is 5.83. The minimum atomic E-state index is -2.87. The number of hydrogen-bond donors (Lipinski definition) is 1. The largest absolute Gasteiger partial charge is 0.334 e. The molecule has 1 rings (SSSR count). The maximum atomic E-state index is 11.0. The second-order valence-electron chi connectivity index (χ2n) is 4.56. The molecule has 0 amide bonds. The zero-order chi connectivity index (χ0) is 12.9. The first-order valence-electron chi connectivity index (χ1n) is 5.79. The highest BCUT2D eigenvalue weighted by atomic mass is 32.2. The fourth-order valence-corrected chi connectivity index (χ4v) is 2.16. The molecule has 0 bridgehead atoms. The van der Waals surface area contributed by atoms with Crippen molar-refractivity contribution >= 4 is 9.84 Å². The summed E-state index contributed by atoms with van der Waals surface area (Å²) in [5, 5.41) is 3.29. The van der Waals surface area contributed by atoms with Crippen LogP contribution < -0.4 is 5.32 Å². The van der Waals surface area contributed by atoms with Crippen LogP contribution in [0.5, 0.6) is 0 Å². The number of nitrogens with zero attached hydrogens (tertiary/aromatic N) is 2. The zero-order valence-electron chi connectivity index (χ0n) is 10.7. The Balaban J connectivity index is 2.46. The van der Waals surface area contributed by atoms with Crippen LogP contribution >= 0.6 is 0 Å². The van der Waals surface area contributed by atoms with E-state index in [4.69, 9.17) is 0 Å². The van der Waals surface area contributed by atoms with Crippen LogP contribution in [0.25, 0.3) is 0 Å². The van der Waals surface area contributed by atoms with E-state index >= 15 is 0 Å². The number of aromatic nitrogens is 2. The molecule has 0 aliphatic rings. The van der Waals surface area contributed by atoms with Crippen LogP contribution in [-0.2, 0) is 22.9 Å². The molecule has 0 radical (unpaired) electrons. The van der Waals surface area contributed by atoms with Crippen molar-refractivity contribution < 1.29 is 8.42 Å². The van der Waals surface area contributed by atoms with E-state index in [0.29, 0.717) is 25.6 Å². The van der Waals surface area contributed by atoms with Gasteiger partial charge in [0.05, 0.1) is 12.3 Å². The van der Waals surface area contributed by atoms with Crippen LogP contribution in [0.2, 0.25) is 0 Å². The first-order valence-corrected chi connectivity index (χ1v) is 7.85. The van der Waals surface area contributed by atoms with Crippen molar-refractivity contribution in [3.8, 4) is 0 Å². The molecule has 1 heterocycles. The Bertz CT molecular complexity index is 437. The molecule has 0 saturated heterocycles. The molecule has 1 aromatic heterocycles. The van der Waals surface area contributed by atoms with Crippen LogP contribution in [-0.4, -0.2) is 36.0 Å². The van der Waals surface area contributed by atoms with Gasteiger partial charge in [-0.3, -0.25) is 0 Å². The molecule has 1 N–H and O–H groups in total. The minimum absolute atomic E-state index is 0.224. The molecule has 0 atom stereocenters. The number of hydrogen-bond acceptors (Lipinski definition) is 4. The van der Waals surface area contributed by atoms with Gasteiger partial charge in [0.1, 0.15) is 15.7 Å². The summed E-state index contributed by atoms with van der Waals surface area (Å²) in [6.45, 7) is 5.57. The molecule has 98 valence electrons. The summed E-state index contributed by atoms with van der Waals surface area (Å²) >= 11 is 0. The Morgan fingerprint density at radius 3 is 2.76 bits per heavy atom. The van der Waals surface area contributed by atoms with Gasteiger partial charge >= 0.3 is 0 Å². The first kappa shape index (κ1) is 14.2. The van der Waals surface area contributed by atoms with E-state index in [9.17, 15) is 8.42 Å². The highest BCUT2D eigenvalue weighted by molar-refractivity contribution is 7.90. The van der Waals surface area contributed by atoms with Crippen LogP contribution in [0.1, 0.15) is 26.1 Å². The van der Waals surface area contributed by atoms with Crippen molar-refractivity contribution in [3.05, 3.63) is 18.2 Å². The standard InChI is InChI=1S/C11H21N3O2S/c1-10(2)13-9-11-12-5-7-14(11)6-4-8-17(3,15)16/h5,7,10,13H,4,6,8-9H2,1-3H3. The molecule has 0 aliphatic heterocycles. The molecule has 0 aliphatic carbocycles. The average Bonchev–Trinajstić information content (AvgIpc) is 2.60. The Morgan fingerprint density at radius 2 is 2.18 bits per heavy atom. The lowest BCUT2D eigenvalue weighted by molar-refractivity contribution is 0.539. The lowest BCUT2D eigenvalue weighted by Crippen LogP contribution is -2.24. The zero-order valence-corrected chi connectivity index (χ0v) is 11.5. The summed E-state index contributed by atoms with van der Waals surface area (Å²) in [5.74, 6) is 1.18. The van der Waals surface area contributed by atoms with Crippen molar-refractivity contribution in [1.82, 2.24) is 14.9 Å². The SMILES string of the molecule is CC(C)NCc1nccn1CCCS(C)(=O)=O. The van der Waals surface area contributed by atoms with E-state index < -0.39 is 9.84 Å². The Kier molecular flexibility index (Phi) is 5.14. The van der Waals surface area contributed by atoms with Crippen LogP contribution in [0, 0.1) is 0 Å². The van der Waals surface area contributed by atoms with Gasteiger partial charge in [-0.05, 0) is 6.42 Å². The fraction of sp³-hybridized carbons (Fsp3) is 0.727. The second-order valence-corrected chi connectivity index (χ2v) is 6.82. The van der Waals surface area contributed by atoms with Gasteiger partial charge in [-0.25, -0.2) is 13.4 Å². The monoisotopic (exact) mass is 259 g/mol. The molecule has 0 fully saturated rings. The molecule has 0 aromatic carbocycles. The maximum Gasteiger partial charge on any atom is 0.147 e. The average molecular weight is 259 g/mol. The summed E-state index contributed by atoms with van der Waals surface area (Å²) in [6.07, 6.45) is 5.53. The first-order chi connectivity index (χ1) is 7.88. The second kappa shape index (κ2) is 6.16. The minimum Gasteiger partial charge on any atom is -0.334 e. The molecule has 5 nitrogen and oxygen atoms in total. The van der Waals surface area contributed by atoms with Gasteiger partial charge in [0, 0.05) is 31.2 Å². The lowest BCUT2D eigenvalue weighted by atomic mass is 10.4. The van der Waals surface area contributed by atoms with Gasteiger partial charge in [0.15, 0.2) is 0 Å². The number of nitrogens with one attached hydrogen (secondary N) is 1. The summed E-state index contributed by atoms with van der Waals surface area (Å²) in [7, 11) is -2.87. The summed E-state index contributed by atoms with van der Waals surface area (Å²) in [5.41, 5.74) is 0. The lowest BCUT2D eigenvalue weighted by Gasteiger charge is -2.10. The number of sulfone groups is 1. The normalized spacial score (nSPS) is 12.2. The smallest absolute Gasteiger partial charge is 0.147 e. The summed E-state index contributed by atoms with van der Waals surface area (Å²) < 4.78 is 24.0. The third-order valence-corrected chi connectivity index (χ3v) is 3.41. The number of rotatable bonds is 7. The number of imidazole rings is 1. The van der Waals surface area contributed by atoms with E-state index in [0.717, 1.165) is 5.82 Å². The van der Waals surface area contributed by atoms with Crippen LogP contribution in [0.4, 0.5) is 0 Å². The summed E-state index contributed by atoms with van der Waals surface area (Å²) in [4.78, 5) is 4.25. The molecule has 1 aromatic rings. The topological polar surface area (TPSA) is 64.0 Å². The fourth-order valence-electron chi connectivity index (χ4n) is 1.50. The molecule has 0 saturated carbocycles. The maximum absolute atomic E-state index is 11.0. The predicted molar refractivity (Wildman–Crippen MR) is 68.5 cm³/mol. The third-order valence-electron chi connectivity index (χ3n) is 2.38. The van der Waals surface area contributed by atoms with Gasteiger partial charge in [0.25, 0.3) is 0 Å². The van der Waals surface area contributed by atoms with Crippen LogP contribution in [0.3, 0.4) is 0 Å². The number of aryl methyl sites for hydroxylation is 1. The molecular formula is C11H21N3O2S. The van der Waals surface area contributed by atoms with E-state index in [1.165, 1.54) is 6.26 Å². The Labute approximate surface area is 103 Å². The van der Waals surface area contributed by atoms with Crippen LogP contribution in [0.15, 0.2) is 12.4 Å². The van der Waals surface area contributed by atoms with Crippen molar-refractivity contribution in [2.75, 3.05) is 12.0 Å². The Morgan fingerprint density at radius 1 is 1.47 bits per heavy atom. The van der Waals surface area contributed by atoms with E-state index in [-0.39, 0.29) is 5.75 Å². The van der Waals surface area contributed by atoms with E-state index in [2.05, 4.69) is 24.1 Å². The van der Waals surface area contributed by atoms with Gasteiger partial charge in [-0.2, -0.15) is 0 Å². The molecular weight excluding hydrogens is 238 g/mol.